The number of hydrogen-bond donors (Lipinski definition) is 0. The van der Waals surface area contributed by atoms with Gasteiger partial charge in [0, 0.05) is 11.8 Å². The third kappa shape index (κ3) is 0.966. The van der Waals surface area contributed by atoms with Crippen LogP contribution in [-0.2, 0) is 0 Å². The average molecular weight is 192 g/mol. The van der Waals surface area contributed by atoms with Crippen molar-refractivity contribution in [3.63, 3.8) is 0 Å². The van der Waals surface area contributed by atoms with Gasteiger partial charge in [0.2, 0.25) is 0 Å². The number of allylic oxidation sites excluding steroid dienone is 2. The van der Waals surface area contributed by atoms with Gasteiger partial charge in [-0.25, -0.2) is 0 Å². The third-order valence-corrected chi connectivity index (χ3v) is 3.35. The van der Waals surface area contributed by atoms with Crippen molar-refractivity contribution in [2.45, 2.75) is 18.3 Å². The van der Waals surface area contributed by atoms with Crippen LogP contribution in [0.5, 0.6) is 0 Å². The Labute approximate surface area is 88.1 Å². The van der Waals surface area contributed by atoms with Crippen LogP contribution in [0.25, 0.3) is 0 Å². The van der Waals surface area contributed by atoms with Crippen molar-refractivity contribution in [1.29, 1.82) is 10.5 Å². The van der Waals surface area contributed by atoms with E-state index in [2.05, 4.69) is 24.3 Å². The maximum atomic E-state index is 8.93. The molecular weight excluding hydrogens is 184 g/mol. The number of nitrogens with zero attached hydrogens (tertiary/aromatic N) is 2. The zero-order valence-corrected chi connectivity index (χ0v) is 8.07. The fourth-order valence-electron chi connectivity index (χ4n) is 2.62. The Balaban J connectivity index is 2.26. The molecule has 0 amide bonds. The first-order valence-electron chi connectivity index (χ1n) is 5.00. The monoisotopic (exact) mass is 192 g/mol. The predicted molar refractivity (Wildman–Crippen MR) is 55.1 cm³/mol. The summed E-state index contributed by atoms with van der Waals surface area (Å²) in [5.41, 5.74) is 3.52. The lowest BCUT2D eigenvalue weighted by Crippen LogP contribution is -1.96. The first-order valence-corrected chi connectivity index (χ1v) is 5.00. The quantitative estimate of drug-likeness (QED) is 0.593. The lowest BCUT2D eigenvalue weighted by atomic mass is 9.92. The molecule has 0 saturated heterocycles. The molecule has 2 atom stereocenters. The van der Waals surface area contributed by atoms with Gasteiger partial charge in [-0.05, 0) is 29.7 Å². The van der Waals surface area contributed by atoms with E-state index in [0.29, 0.717) is 23.0 Å². The fraction of sp³-hybridized carbons (Fsp3) is 0.231. The summed E-state index contributed by atoms with van der Waals surface area (Å²) in [6, 6.07) is 7.96. The molecule has 0 unspecified atom stereocenters. The molecule has 0 aliphatic heterocycles. The predicted octanol–water partition coefficient (Wildman–Crippen LogP) is 2.57. The van der Waals surface area contributed by atoms with Gasteiger partial charge in [0.15, 0.2) is 0 Å². The van der Waals surface area contributed by atoms with Gasteiger partial charge in [-0.15, -0.1) is 0 Å². The van der Waals surface area contributed by atoms with Crippen molar-refractivity contribution in [2.24, 2.45) is 0 Å². The zero-order valence-electron chi connectivity index (χ0n) is 8.07. The molecular formula is C13H8N2. The smallest absolute Gasteiger partial charge is 0.101 e. The van der Waals surface area contributed by atoms with E-state index >= 15 is 0 Å². The van der Waals surface area contributed by atoms with Gasteiger partial charge in [0.1, 0.15) is 12.1 Å². The van der Waals surface area contributed by atoms with Crippen LogP contribution in [0, 0.1) is 22.7 Å². The Morgan fingerprint density at radius 2 is 1.40 bits per heavy atom. The van der Waals surface area contributed by atoms with Crippen LogP contribution >= 0.6 is 0 Å². The summed E-state index contributed by atoms with van der Waals surface area (Å²) in [6.45, 7) is 0. The highest BCUT2D eigenvalue weighted by molar-refractivity contribution is 5.57. The minimum absolute atomic E-state index is 0.477. The minimum atomic E-state index is 0.477. The molecule has 0 fully saturated rings. The van der Waals surface area contributed by atoms with Crippen LogP contribution in [0.3, 0.4) is 0 Å². The Bertz CT molecular complexity index is 506. The van der Waals surface area contributed by atoms with E-state index in [9.17, 15) is 0 Å². The topological polar surface area (TPSA) is 47.6 Å². The Morgan fingerprint density at radius 3 is 1.80 bits per heavy atom. The summed E-state index contributed by atoms with van der Waals surface area (Å²) < 4.78 is 0. The largest absolute Gasteiger partial charge is 0.192 e. The van der Waals surface area contributed by atoms with Crippen molar-refractivity contribution in [3.8, 4) is 12.1 Å². The molecule has 2 bridgehead atoms. The Hall–Kier alpha value is -2.06. The molecule has 0 N–H and O–H groups in total. The van der Waals surface area contributed by atoms with Crippen molar-refractivity contribution >= 4 is 0 Å². The molecule has 2 heteroatoms. The van der Waals surface area contributed by atoms with Crippen molar-refractivity contribution in [3.05, 3.63) is 46.5 Å². The number of benzene rings is 1. The second kappa shape index (κ2) is 2.72. The van der Waals surface area contributed by atoms with Gasteiger partial charge in [-0.2, -0.15) is 10.5 Å². The van der Waals surface area contributed by atoms with Crippen molar-refractivity contribution in [2.75, 3.05) is 0 Å². The van der Waals surface area contributed by atoms with Gasteiger partial charge in [0.05, 0.1) is 11.1 Å². The SMILES string of the molecule is N#Cc1cc2c(cc1C#N)[C@H]1C=C[C@@H]2C1. The second-order valence-electron chi connectivity index (χ2n) is 4.08. The summed E-state index contributed by atoms with van der Waals surface area (Å²) in [5.74, 6) is 0.953. The second-order valence-corrected chi connectivity index (χ2v) is 4.08. The standard InChI is InChI=1S/C13H8N2/c14-6-10-4-12-8-1-2-9(3-8)13(12)5-11(10)7-15/h1-2,4-5,8-9H,3H2/t8-,9+. The minimum Gasteiger partial charge on any atom is -0.192 e. The van der Waals surface area contributed by atoms with Crippen LogP contribution in [0.15, 0.2) is 24.3 Å². The van der Waals surface area contributed by atoms with Gasteiger partial charge in [0.25, 0.3) is 0 Å². The van der Waals surface area contributed by atoms with Crippen LogP contribution in [-0.4, -0.2) is 0 Å². The van der Waals surface area contributed by atoms with Crippen LogP contribution in [0.2, 0.25) is 0 Å². The summed E-state index contributed by atoms with van der Waals surface area (Å²) in [4.78, 5) is 0. The number of nitriles is 2. The molecule has 2 aliphatic rings. The maximum Gasteiger partial charge on any atom is 0.101 e. The fourth-order valence-corrected chi connectivity index (χ4v) is 2.62. The lowest BCUT2D eigenvalue weighted by Gasteiger charge is -2.10. The van der Waals surface area contributed by atoms with Crippen LogP contribution < -0.4 is 0 Å². The van der Waals surface area contributed by atoms with Gasteiger partial charge in [-0.3, -0.25) is 0 Å². The highest BCUT2D eigenvalue weighted by Gasteiger charge is 2.33. The molecule has 0 spiro atoms. The Morgan fingerprint density at radius 1 is 0.933 bits per heavy atom. The van der Waals surface area contributed by atoms with E-state index in [1.165, 1.54) is 11.1 Å². The normalized spacial score (nSPS) is 24.7. The third-order valence-electron chi connectivity index (χ3n) is 3.35. The summed E-state index contributed by atoms with van der Waals surface area (Å²) >= 11 is 0. The van der Waals surface area contributed by atoms with E-state index in [-0.39, 0.29) is 0 Å². The molecule has 1 aromatic carbocycles. The first kappa shape index (κ1) is 8.26. The van der Waals surface area contributed by atoms with Crippen molar-refractivity contribution in [1.82, 2.24) is 0 Å². The molecule has 3 rings (SSSR count). The number of hydrogen-bond acceptors (Lipinski definition) is 2. The summed E-state index contributed by atoms with van der Waals surface area (Å²) in [7, 11) is 0. The molecule has 2 aliphatic carbocycles. The van der Waals surface area contributed by atoms with E-state index in [0.717, 1.165) is 6.42 Å². The summed E-state index contributed by atoms with van der Waals surface area (Å²) in [6.07, 6.45) is 5.54. The van der Waals surface area contributed by atoms with E-state index in [1.807, 2.05) is 12.1 Å². The van der Waals surface area contributed by atoms with Crippen LogP contribution in [0.1, 0.15) is 40.5 Å². The molecule has 1 aromatic rings. The van der Waals surface area contributed by atoms with E-state index in [4.69, 9.17) is 10.5 Å². The highest BCUT2D eigenvalue weighted by atomic mass is 14.4. The first-order chi connectivity index (χ1) is 7.33. The highest BCUT2D eigenvalue weighted by Crippen LogP contribution is 2.48. The molecule has 2 nitrogen and oxygen atoms in total. The molecule has 70 valence electrons. The van der Waals surface area contributed by atoms with Gasteiger partial charge < -0.3 is 0 Å². The average Bonchev–Trinajstić information content (AvgIpc) is 2.88. The number of rotatable bonds is 0. The molecule has 0 aromatic heterocycles. The maximum absolute atomic E-state index is 8.93. The van der Waals surface area contributed by atoms with Gasteiger partial charge in [-0.1, -0.05) is 12.2 Å². The van der Waals surface area contributed by atoms with Crippen LogP contribution in [0.4, 0.5) is 0 Å². The zero-order chi connectivity index (χ0) is 10.4. The van der Waals surface area contributed by atoms with Crippen molar-refractivity contribution < 1.29 is 0 Å². The number of fused-ring (bicyclic) bond motifs is 5. The summed E-state index contributed by atoms with van der Waals surface area (Å²) in [5, 5.41) is 17.9. The molecule has 0 saturated carbocycles. The van der Waals surface area contributed by atoms with E-state index < -0.39 is 0 Å². The molecule has 0 radical (unpaired) electrons. The molecule has 0 heterocycles. The molecule has 15 heavy (non-hydrogen) atoms. The Kier molecular flexibility index (Phi) is 1.50. The lowest BCUT2D eigenvalue weighted by molar-refractivity contribution is 0.804. The van der Waals surface area contributed by atoms with E-state index in [1.54, 1.807) is 0 Å². The van der Waals surface area contributed by atoms with Gasteiger partial charge >= 0.3 is 0 Å².